The normalized spacial score (nSPS) is 10.1. The zero-order valence-electron chi connectivity index (χ0n) is 10.6. The molecule has 0 aliphatic carbocycles. The van der Waals surface area contributed by atoms with Gasteiger partial charge in [-0.3, -0.25) is 4.79 Å². The number of aryl methyl sites for hydroxylation is 1. The molecule has 3 N–H and O–H groups in total. The number of carboxylic acid groups (broad SMARTS) is 1. The Balaban J connectivity index is 2.75. The van der Waals surface area contributed by atoms with E-state index in [0.717, 1.165) is 13.0 Å². The number of hydrogen-bond donors (Lipinski definition) is 3. The summed E-state index contributed by atoms with van der Waals surface area (Å²) in [6, 6.07) is 5.01. The highest BCUT2D eigenvalue weighted by molar-refractivity contribution is 6.02. The Morgan fingerprint density at radius 1 is 1.33 bits per heavy atom. The number of benzene rings is 1. The van der Waals surface area contributed by atoms with Gasteiger partial charge in [0.2, 0.25) is 5.91 Å². The first-order valence-electron chi connectivity index (χ1n) is 5.89. The summed E-state index contributed by atoms with van der Waals surface area (Å²) in [5, 5.41) is 14.7. The van der Waals surface area contributed by atoms with Crippen LogP contribution in [0.3, 0.4) is 0 Å². The summed E-state index contributed by atoms with van der Waals surface area (Å²) in [6.07, 6.45) is 0.943. The van der Waals surface area contributed by atoms with Crippen LogP contribution in [0.1, 0.15) is 29.3 Å². The van der Waals surface area contributed by atoms with E-state index in [4.69, 9.17) is 5.11 Å². The Labute approximate surface area is 106 Å². The van der Waals surface area contributed by atoms with Gasteiger partial charge in [-0.1, -0.05) is 19.1 Å². The topological polar surface area (TPSA) is 78.4 Å². The molecular weight excluding hydrogens is 232 g/mol. The second-order valence-corrected chi connectivity index (χ2v) is 4.03. The van der Waals surface area contributed by atoms with Gasteiger partial charge in [-0.05, 0) is 31.5 Å². The summed E-state index contributed by atoms with van der Waals surface area (Å²) in [5.74, 6) is -1.28. The molecule has 5 nitrogen and oxygen atoms in total. The van der Waals surface area contributed by atoms with Crippen LogP contribution in [0.4, 0.5) is 5.69 Å². The second-order valence-electron chi connectivity index (χ2n) is 4.03. The lowest BCUT2D eigenvalue weighted by Crippen LogP contribution is -2.29. The summed E-state index contributed by atoms with van der Waals surface area (Å²) < 4.78 is 0. The van der Waals surface area contributed by atoms with Crippen LogP contribution in [0.15, 0.2) is 18.2 Å². The Hall–Kier alpha value is -1.88. The van der Waals surface area contributed by atoms with E-state index in [1.165, 1.54) is 0 Å². The van der Waals surface area contributed by atoms with E-state index in [1.54, 1.807) is 25.1 Å². The first-order valence-corrected chi connectivity index (χ1v) is 5.89. The molecule has 1 aromatic carbocycles. The van der Waals surface area contributed by atoms with Crippen molar-refractivity contribution in [2.24, 2.45) is 0 Å². The Bertz CT molecular complexity index is 444. The summed E-state index contributed by atoms with van der Waals surface area (Å²) in [5.41, 5.74) is 1.11. The van der Waals surface area contributed by atoms with Gasteiger partial charge in [0.25, 0.3) is 0 Å². The molecular formula is C13H18N2O3. The first-order chi connectivity index (χ1) is 8.56. The summed E-state index contributed by atoms with van der Waals surface area (Å²) in [4.78, 5) is 22.7. The third kappa shape index (κ3) is 3.85. The molecule has 1 rings (SSSR count). The smallest absolute Gasteiger partial charge is 0.338 e. The third-order valence-electron chi connectivity index (χ3n) is 2.47. The first kappa shape index (κ1) is 14.2. The van der Waals surface area contributed by atoms with Gasteiger partial charge in [0.15, 0.2) is 0 Å². The van der Waals surface area contributed by atoms with Gasteiger partial charge in [0.05, 0.1) is 17.8 Å². The molecule has 0 aromatic heterocycles. The number of carbonyl (C=O) groups excluding carboxylic acids is 1. The van der Waals surface area contributed by atoms with Crippen molar-refractivity contribution in [1.82, 2.24) is 5.32 Å². The average Bonchev–Trinajstić information content (AvgIpc) is 2.28. The molecule has 0 bridgehead atoms. The largest absolute Gasteiger partial charge is 0.478 e. The SMILES string of the molecule is CCCNCC(=O)Nc1cccc(C)c1C(=O)O. The molecule has 0 unspecified atom stereocenters. The standard InChI is InChI=1S/C13H18N2O3/c1-3-7-14-8-11(16)15-10-6-4-5-9(2)12(10)13(17)18/h4-6,14H,3,7-8H2,1-2H3,(H,15,16)(H,17,18). The lowest BCUT2D eigenvalue weighted by molar-refractivity contribution is -0.115. The lowest BCUT2D eigenvalue weighted by Gasteiger charge is -2.10. The van der Waals surface area contributed by atoms with Crippen LogP contribution in [0.25, 0.3) is 0 Å². The number of amides is 1. The monoisotopic (exact) mass is 250 g/mol. The molecule has 0 radical (unpaired) electrons. The molecule has 0 atom stereocenters. The number of aromatic carboxylic acids is 1. The highest BCUT2D eigenvalue weighted by atomic mass is 16.4. The van der Waals surface area contributed by atoms with Crippen molar-refractivity contribution in [1.29, 1.82) is 0 Å². The number of rotatable bonds is 6. The van der Waals surface area contributed by atoms with Gasteiger partial charge in [-0.25, -0.2) is 4.79 Å². The molecule has 1 amide bonds. The molecule has 0 saturated carbocycles. The summed E-state index contributed by atoms with van der Waals surface area (Å²) in [6.45, 7) is 4.65. The van der Waals surface area contributed by atoms with Crippen LogP contribution in [0.2, 0.25) is 0 Å². The Morgan fingerprint density at radius 2 is 2.06 bits per heavy atom. The molecule has 0 aliphatic rings. The molecule has 0 fully saturated rings. The number of carbonyl (C=O) groups is 2. The van der Waals surface area contributed by atoms with Crippen LogP contribution in [-0.2, 0) is 4.79 Å². The van der Waals surface area contributed by atoms with E-state index in [1.807, 2.05) is 6.92 Å². The van der Waals surface area contributed by atoms with E-state index in [2.05, 4.69) is 10.6 Å². The highest BCUT2D eigenvalue weighted by Crippen LogP contribution is 2.19. The van der Waals surface area contributed by atoms with Crippen LogP contribution >= 0.6 is 0 Å². The van der Waals surface area contributed by atoms with E-state index in [0.29, 0.717) is 11.3 Å². The zero-order chi connectivity index (χ0) is 13.5. The van der Waals surface area contributed by atoms with Crippen molar-refractivity contribution in [3.8, 4) is 0 Å². The summed E-state index contributed by atoms with van der Waals surface area (Å²) >= 11 is 0. The minimum absolute atomic E-state index is 0.140. The summed E-state index contributed by atoms with van der Waals surface area (Å²) in [7, 11) is 0. The van der Waals surface area contributed by atoms with Gasteiger partial charge < -0.3 is 15.7 Å². The number of hydrogen-bond acceptors (Lipinski definition) is 3. The Kier molecular flexibility index (Phi) is 5.32. The fraction of sp³-hybridized carbons (Fsp3) is 0.385. The molecule has 98 valence electrons. The van der Waals surface area contributed by atoms with E-state index >= 15 is 0 Å². The number of anilines is 1. The maximum Gasteiger partial charge on any atom is 0.338 e. The predicted octanol–water partition coefficient (Wildman–Crippen LogP) is 1.63. The number of carboxylic acids is 1. The van der Waals surface area contributed by atoms with Crippen molar-refractivity contribution < 1.29 is 14.7 Å². The van der Waals surface area contributed by atoms with Crippen LogP contribution in [-0.4, -0.2) is 30.1 Å². The average molecular weight is 250 g/mol. The van der Waals surface area contributed by atoms with Crippen LogP contribution < -0.4 is 10.6 Å². The van der Waals surface area contributed by atoms with Crippen molar-refractivity contribution in [3.63, 3.8) is 0 Å². The lowest BCUT2D eigenvalue weighted by atomic mass is 10.1. The maximum atomic E-state index is 11.6. The van der Waals surface area contributed by atoms with Crippen LogP contribution in [0, 0.1) is 6.92 Å². The van der Waals surface area contributed by atoms with Gasteiger partial charge >= 0.3 is 5.97 Å². The minimum atomic E-state index is -1.04. The molecule has 0 aliphatic heterocycles. The maximum absolute atomic E-state index is 11.6. The van der Waals surface area contributed by atoms with Crippen molar-refractivity contribution >= 4 is 17.6 Å². The van der Waals surface area contributed by atoms with Crippen molar-refractivity contribution in [3.05, 3.63) is 29.3 Å². The van der Waals surface area contributed by atoms with Crippen molar-refractivity contribution in [2.45, 2.75) is 20.3 Å². The second kappa shape index (κ2) is 6.76. The van der Waals surface area contributed by atoms with E-state index in [9.17, 15) is 9.59 Å². The third-order valence-corrected chi connectivity index (χ3v) is 2.47. The molecule has 0 spiro atoms. The fourth-order valence-electron chi connectivity index (χ4n) is 1.63. The quantitative estimate of drug-likeness (QED) is 0.670. The Morgan fingerprint density at radius 3 is 2.67 bits per heavy atom. The zero-order valence-corrected chi connectivity index (χ0v) is 10.6. The molecule has 5 heteroatoms. The predicted molar refractivity (Wildman–Crippen MR) is 69.9 cm³/mol. The fourth-order valence-corrected chi connectivity index (χ4v) is 1.63. The van der Waals surface area contributed by atoms with Crippen molar-refractivity contribution in [2.75, 3.05) is 18.4 Å². The van der Waals surface area contributed by atoms with E-state index in [-0.39, 0.29) is 18.0 Å². The minimum Gasteiger partial charge on any atom is -0.478 e. The van der Waals surface area contributed by atoms with E-state index < -0.39 is 5.97 Å². The highest BCUT2D eigenvalue weighted by Gasteiger charge is 2.14. The van der Waals surface area contributed by atoms with Gasteiger partial charge in [0.1, 0.15) is 0 Å². The molecule has 0 saturated heterocycles. The van der Waals surface area contributed by atoms with Gasteiger partial charge in [-0.15, -0.1) is 0 Å². The van der Waals surface area contributed by atoms with Gasteiger partial charge in [0, 0.05) is 0 Å². The van der Waals surface area contributed by atoms with Gasteiger partial charge in [-0.2, -0.15) is 0 Å². The number of nitrogens with one attached hydrogen (secondary N) is 2. The van der Waals surface area contributed by atoms with Crippen LogP contribution in [0.5, 0.6) is 0 Å². The molecule has 0 heterocycles. The molecule has 18 heavy (non-hydrogen) atoms. The molecule has 1 aromatic rings.